The van der Waals surface area contributed by atoms with Crippen LogP contribution in [0.3, 0.4) is 0 Å². The number of hydrogen-bond acceptors (Lipinski definition) is 6. The van der Waals surface area contributed by atoms with Gasteiger partial charge in [0.1, 0.15) is 5.69 Å². The van der Waals surface area contributed by atoms with Gasteiger partial charge in [-0.05, 0) is 27.9 Å². The zero-order chi connectivity index (χ0) is 15.4. The predicted octanol–water partition coefficient (Wildman–Crippen LogP) is 1.02. The number of aromatic nitrogens is 3. The monoisotopic (exact) mass is 313 g/mol. The van der Waals surface area contributed by atoms with Gasteiger partial charge in [-0.3, -0.25) is 4.99 Å². The molecular formula is C11H12ClN5O4. The van der Waals surface area contributed by atoms with Crippen molar-refractivity contribution in [3.8, 4) is 5.69 Å². The lowest BCUT2D eigenvalue weighted by Crippen LogP contribution is -2.23. The summed E-state index contributed by atoms with van der Waals surface area (Å²) in [4.78, 5) is 15.6. The summed E-state index contributed by atoms with van der Waals surface area (Å²) < 4.78 is 4.81. The fourth-order valence-corrected chi connectivity index (χ4v) is 1.80. The molecule has 2 aromatic rings. The summed E-state index contributed by atoms with van der Waals surface area (Å²) in [7, 11) is 1.48. The van der Waals surface area contributed by atoms with Crippen LogP contribution in [-0.2, 0) is 4.74 Å². The van der Waals surface area contributed by atoms with Crippen LogP contribution in [0.2, 0.25) is 5.02 Å². The van der Waals surface area contributed by atoms with Crippen molar-refractivity contribution in [2.75, 3.05) is 20.3 Å². The summed E-state index contributed by atoms with van der Waals surface area (Å²) in [6.07, 6.45) is 0. The zero-order valence-electron chi connectivity index (χ0n) is 11.0. The molecule has 0 unspecified atom stereocenters. The molecule has 0 spiro atoms. The second-order valence-electron chi connectivity index (χ2n) is 3.94. The molecule has 9 nitrogen and oxygen atoms in total. The first-order chi connectivity index (χ1) is 10.0. The molecular weight excluding hydrogens is 302 g/mol. The Labute approximate surface area is 123 Å². The number of halogens is 1. The summed E-state index contributed by atoms with van der Waals surface area (Å²) >= 11 is 5.85. The Hall–Kier alpha value is -2.39. The lowest BCUT2D eigenvalue weighted by molar-refractivity contribution is -0.391. The average Bonchev–Trinajstić information content (AvgIpc) is 2.77. The number of ether oxygens (including phenoxy) is 1. The molecule has 0 saturated carbocycles. The van der Waals surface area contributed by atoms with Crippen LogP contribution in [0.15, 0.2) is 29.3 Å². The minimum atomic E-state index is -0.723. The van der Waals surface area contributed by atoms with Gasteiger partial charge in [-0.1, -0.05) is 22.5 Å². The minimum Gasteiger partial charge on any atom is -0.409 e. The van der Waals surface area contributed by atoms with Gasteiger partial charge in [0.05, 0.1) is 18.3 Å². The van der Waals surface area contributed by atoms with Crippen LogP contribution >= 0.6 is 11.6 Å². The van der Waals surface area contributed by atoms with Crippen molar-refractivity contribution in [3.63, 3.8) is 0 Å². The van der Waals surface area contributed by atoms with Crippen LogP contribution in [0, 0.1) is 10.1 Å². The van der Waals surface area contributed by atoms with E-state index in [1.165, 1.54) is 13.2 Å². The van der Waals surface area contributed by atoms with Crippen LogP contribution in [0.4, 0.5) is 5.82 Å². The van der Waals surface area contributed by atoms with Crippen molar-refractivity contribution in [2.45, 2.75) is 0 Å². The molecule has 1 N–H and O–H groups in total. The summed E-state index contributed by atoms with van der Waals surface area (Å²) in [6.45, 7) is 0.415. The lowest BCUT2D eigenvalue weighted by Gasteiger charge is -1.99. The summed E-state index contributed by atoms with van der Waals surface area (Å²) in [5.41, 5.74) is 0.0957. The third-order valence-electron chi connectivity index (χ3n) is 2.53. The van der Waals surface area contributed by atoms with Crippen LogP contribution < -0.4 is 5.49 Å². The number of hydrogen-bond donors (Lipinski definition) is 1. The fraction of sp³-hybridized carbons (Fsp3) is 0.273. The van der Waals surface area contributed by atoms with E-state index in [-0.39, 0.29) is 18.6 Å². The first-order valence-electron chi connectivity index (χ1n) is 5.86. The van der Waals surface area contributed by atoms with Gasteiger partial charge in [-0.2, -0.15) is 0 Å². The first-order valence-corrected chi connectivity index (χ1v) is 6.23. The van der Waals surface area contributed by atoms with Gasteiger partial charge < -0.3 is 20.1 Å². The molecule has 2 rings (SSSR count). The van der Waals surface area contributed by atoms with E-state index in [1.54, 1.807) is 18.2 Å². The number of benzene rings is 1. The van der Waals surface area contributed by atoms with E-state index in [2.05, 4.69) is 10.1 Å². The molecule has 0 fully saturated rings. The van der Waals surface area contributed by atoms with Gasteiger partial charge in [-0.15, -0.1) is 0 Å². The standard InChI is InChI=1S/C11H12ClN5O4/c1-21-6-5-13-10-11(17(19)20)14-15(16(10)18)9-4-2-3-8(12)7-9/h2-4,7,18H,5-6H2,1H3. The minimum absolute atomic E-state index is 0.152. The zero-order valence-corrected chi connectivity index (χ0v) is 11.8. The van der Waals surface area contributed by atoms with Gasteiger partial charge in [0.15, 0.2) is 0 Å². The highest BCUT2D eigenvalue weighted by Crippen LogP contribution is 2.14. The second-order valence-corrected chi connectivity index (χ2v) is 4.37. The van der Waals surface area contributed by atoms with Crippen molar-refractivity contribution >= 4 is 17.4 Å². The third kappa shape index (κ3) is 3.20. The highest BCUT2D eigenvalue weighted by Gasteiger charge is 2.23. The van der Waals surface area contributed by atoms with Gasteiger partial charge in [0.25, 0.3) is 5.49 Å². The molecule has 21 heavy (non-hydrogen) atoms. The fourth-order valence-electron chi connectivity index (χ4n) is 1.62. The number of nitro groups is 1. The van der Waals surface area contributed by atoms with Crippen LogP contribution in [0.5, 0.6) is 0 Å². The maximum Gasteiger partial charge on any atom is 0.438 e. The molecule has 1 heterocycles. The van der Waals surface area contributed by atoms with Crippen molar-refractivity contribution in [1.82, 2.24) is 14.7 Å². The second kappa shape index (κ2) is 6.37. The molecule has 112 valence electrons. The summed E-state index contributed by atoms with van der Waals surface area (Å²) in [5.74, 6) is -0.562. The first kappa shape index (κ1) is 15.0. The van der Waals surface area contributed by atoms with Crippen molar-refractivity contribution < 1.29 is 14.9 Å². The molecule has 0 bridgehead atoms. The molecule has 0 aliphatic heterocycles. The number of rotatable bonds is 5. The maximum absolute atomic E-state index is 11.0. The molecule has 0 aliphatic rings. The molecule has 1 aromatic carbocycles. The predicted molar refractivity (Wildman–Crippen MR) is 72.7 cm³/mol. The van der Waals surface area contributed by atoms with E-state index < -0.39 is 10.7 Å². The van der Waals surface area contributed by atoms with Crippen LogP contribution in [0.25, 0.3) is 5.69 Å². The largest absolute Gasteiger partial charge is 0.438 e. The summed E-state index contributed by atoms with van der Waals surface area (Å²) in [6, 6.07) is 6.36. The van der Waals surface area contributed by atoms with Crippen molar-refractivity contribution in [3.05, 3.63) is 44.9 Å². The molecule has 10 heteroatoms. The lowest BCUT2D eigenvalue weighted by atomic mass is 10.3. The average molecular weight is 314 g/mol. The Morgan fingerprint density at radius 3 is 2.95 bits per heavy atom. The van der Waals surface area contributed by atoms with E-state index in [1.807, 2.05) is 0 Å². The molecule has 0 atom stereocenters. The number of nitrogens with zero attached hydrogens (tertiary/aromatic N) is 5. The summed E-state index contributed by atoms with van der Waals surface area (Å²) in [5, 5.41) is 25.2. The Kier molecular flexibility index (Phi) is 4.55. The highest BCUT2D eigenvalue weighted by molar-refractivity contribution is 6.30. The Morgan fingerprint density at radius 1 is 1.57 bits per heavy atom. The van der Waals surface area contributed by atoms with Gasteiger partial charge in [0.2, 0.25) is 0 Å². The molecule has 0 radical (unpaired) electrons. The van der Waals surface area contributed by atoms with Crippen molar-refractivity contribution in [2.24, 2.45) is 4.99 Å². The molecule has 1 aromatic heterocycles. The van der Waals surface area contributed by atoms with Gasteiger partial charge >= 0.3 is 5.82 Å². The Balaban J connectivity index is 2.57. The van der Waals surface area contributed by atoms with E-state index in [4.69, 9.17) is 16.3 Å². The van der Waals surface area contributed by atoms with E-state index in [9.17, 15) is 15.3 Å². The van der Waals surface area contributed by atoms with E-state index in [0.717, 1.165) is 4.80 Å². The SMILES string of the molecule is COCCN=c1c([N+](=O)[O-])nn(-c2cccc(Cl)c2)n1O. The highest BCUT2D eigenvalue weighted by atomic mass is 35.5. The van der Waals surface area contributed by atoms with Crippen LogP contribution in [-0.4, -0.2) is 45.1 Å². The quantitative estimate of drug-likeness (QED) is 0.384. The molecule has 0 aliphatic carbocycles. The van der Waals surface area contributed by atoms with Crippen LogP contribution in [0.1, 0.15) is 0 Å². The smallest absolute Gasteiger partial charge is 0.409 e. The Morgan fingerprint density at radius 2 is 2.33 bits per heavy atom. The van der Waals surface area contributed by atoms with Crippen molar-refractivity contribution in [1.29, 1.82) is 0 Å². The maximum atomic E-state index is 11.0. The van der Waals surface area contributed by atoms with Gasteiger partial charge in [0, 0.05) is 12.1 Å². The third-order valence-corrected chi connectivity index (χ3v) is 2.76. The normalized spacial score (nSPS) is 11.8. The molecule has 0 saturated heterocycles. The van der Waals surface area contributed by atoms with E-state index >= 15 is 0 Å². The Bertz CT molecular complexity index is 724. The van der Waals surface area contributed by atoms with Gasteiger partial charge in [-0.25, -0.2) is 0 Å². The number of methoxy groups -OCH3 is 1. The molecule has 0 amide bonds. The topological polar surface area (TPSA) is 108 Å². The van der Waals surface area contributed by atoms with E-state index in [0.29, 0.717) is 15.6 Å².